The normalized spacial score (nSPS) is 17.2. The van der Waals surface area contributed by atoms with E-state index in [0.29, 0.717) is 17.2 Å². The van der Waals surface area contributed by atoms with E-state index >= 15 is 0 Å². The number of rotatable bonds is 12. The van der Waals surface area contributed by atoms with Crippen molar-refractivity contribution in [1.29, 1.82) is 0 Å². The van der Waals surface area contributed by atoms with Crippen LogP contribution < -0.4 is 0 Å². The molecule has 0 amide bonds. The zero-order valence-electron chi connectivity index (χ0n) is 26.1. The van der Waals surface area contributed by atoms with Gasteiger partial charge in [0.05, 0.1) is 29.4 Å². The van der Waals surface area contributed by atoms with Gasteiger partial charge < -0.3 is 9.47 Å². The van der Waals surface area contributed by atoms with Gasteiger partial charge in [0.15, 0.2) is 5.90 Å². The minimum absolute atomic E-state index is 0.127. The van der Waals surface area contributed by atoms with Crippen molar-refractivity contribution in [3.63, 3.8) is 0 Å². The molecular formula is C38H39ClN2O3S. The maximum absolute atomic E-state index is 12.5. The molecule has 1 atom stereocenters. The Bertz CT molecular complexity index is 1760. The van der Waals surface area contributed by atoms with E-state index in [1.807, 2.05) is 60.3 Å². The summed E-state index contributed by atoms with van der Waals surface area (Å²) in [4.78, 5) is 22.1. The van der Waals surface area contributed by atoms with Gasteiger partial charge in [0.1, 0.15) is 6.61 Å². The van der Waals surface area contributed by atoms with Crippen LogP contribution in [0.1, 0.15) is 77.5 Å². The van der Waals surface area contributed by atoms with Gasteiger partial charge in [-0.3, -0.25) is 0 Å². The number of ether oxygens (including phenoxy) is 2. The standard InChI is InChI=1S/C38H39ClN2O3S/c1-37(2)24-44-35(41-37)23-38(19-20-38)25-45-34(18-14-27-8-4-5-10-32(27)36(42)43-3)29-9-6-7-26(21-29)11-16-31-17-13-28-12-15-30(39)22-33(28)40-31/h4-13,15-17,21-22,34H,14,18-20,23-25H2,1-3H3/t34-/m1/s1. The van der Waals surface area contributed by atoms with Gasteiger partial charge in [0, 0.05) is 27.8 Å². The Labute approximate surface area is 275 Å². The monoisotopic (exact) mass is 638 g/mol. The molecule has 3 aromatic carbocycles. The summed E-state index contributed by atoms with van der Waals surface area (Å²) in [6, 6.07) is 26.4. The van der Waals surface area contributed by atoms with Crippen molar-refractivity contribution in [2.75, 3.05) is 19.5 Å². The molecule has 0 radical (unpaired) electrons. The summed E-state index contributed by atoms with van der Waals surface area (Å²) in [5, 5.41) is 2.00. The molecule has 45 heavy (non-hydrogen) atoms. The summed E-state index contributed by atoms with van der Waals surface area (Å²) < 4.78 is 11.0. The molecule has 0 unspecified atom stereocenters. The largest absolute Gasteiger partial charge is 0.478 e. The first kappa shape index (κ1) is 31.4. The number of thioether (sulfide) groups is 1. The molecule has 1 aliphatic heterocycles. The maximum atomic E-state index is 12.5. The summed E-state index contributed by atoms with van der Waals surface area (Å²) in [6.07, 6.45) is 9.17. The second kappa shape index (κ2) is 13.4. The van der Waals surface area contributed by atoms with Crippen molar-refractivity contribution in [1.82, 2.24) is 4.98 Å². The lowest BCUT2D eigenvalue weighted by molar-refractivity contribution is 0.0599. The van der Waals surface area contributed by atoms with Crippen LogP contribution in [-0.2, 0) is 15.9 Å². The van der Waals surface area contributed by atoms with Crippen molar-refractivity contribution in [3.8, 4) is 0 Å². The molecule has 6 rings (SSSR count). The first-order valence-electron chi connectivity index (χ1n) is 15.5. The number of methoxy groups -OCH3 is 1. The van der Waals surface area contributed by atoms with E-state index in [-0.39, 0.29) is 22.2 Å². The van der Waals surface area contributed by atoms with Crippen LogP contribution in [0.25, 0.3) is 23.1 Å². The second-order valence-corrected chi connectivity index (χ2v) is 14.5. The number of carbonyl (C=O) groups excluding carboxylic acids is 1. The minimum atomic E-state index is -0.288. The summed E-state index contributed by atoms with van der Waals surface area (Å²) >= 11 is 8.22. The molecule has 0 bridgehead atoms. The lowest BCUT2D eigenvalue weighted by Crippen LogP contribution is -2.17. The number of carbonyl (C=O) groups is 1. The van der Waals surface area contributed by atoms with E-state index in [1.165, 1.54) is 25.5 Å². The van der Waals surface area contributed by atoms with Crippen LogP contribution in [0.4, 0.5) is 0 Å². The zero-order chi connectivity index (χ0) is 31.4. The summed E-state index contributed by atoms with van der Waals surface area (Å²) in [7, 11) is 1.44. The Morgan fingerprint density at radius 2 is 1.87 bits per heavy atom. The number of hydrogen-bond donors (Lipinski definition) is 0. The van der Waals surface area contributed by atoms with Gasteiger partial charge in [0.2, 0.25) is 0 Å². The predicted molar refractivity (Wildman–Crippen MR) is 187 cm³/mol. The first-order valence-corrected chi connectivity index (χ1v) is 17.0. The lowest BCUT2D eigenvalue weighted by atomic mass is 9.98. The van der Waals surface area contributed by atoms with Crippen molar-refractivity contribution in [2.45, 2.75) is 56.7 Å². The number of benzene rings is 3. The third-order valence-corrected chi connectivity index (χ3v) is 10.5. The number of pyridine rings is 1. The predicted octanol–water partition coefficient (Wildman–Crippen LogP) is 9.63. The molecule has 2 aliphatic rings. The van der Waals surface area contributed by atoms with Crippen LogP contribution in [0, 0.1) is 5.41 Å². The number of aromatic nitrogens is 1. The molecule has 2 heterocycles. The Morgan fingerprint density at radius 1 is 1.04 bits per heavy atom. The van der Waals surface area contributed by atoms with Crippen LogP contribution in [0.15, 0.2) is 83.9 Å². The molecule has 232 valence electrons. The first-order chi connectivity index (χ1) is 21.7. The molecule has 0 spiro atoms. The molecule has 1 fully saturated rings. The highest BCUT2D eigenvalue weighted by Gasteiger charge is 2.45. The molecule has 7 heteroatoms. The Hall–Kier alpha value is -3.61. The van der Waals surface area contributed by atoms with E-state index in [0.717, 1.165) is 58.6 Å². The number of halogens is 1. The average Bonchev–Trinajstić information content (AvgIpc) is 3.72. The molecule has 5 nitrogen and oxygen atoms in total. The Morgan fingerprint density at radius 3 is 2.64 bits per heavy atom. The van der Waals surface area contributed by atoms with Gasteiger partial charge in [-0.1, -0.05) is 72.3 Å². The Balaban J connectivity index is 1.22. The van der Waals surface area contributed by atoms with Crippen LogP contribution in [0.2, 0.25) is 5.02 Å². The molecule has 0 saturated heterocycles. The number of nitrogens with zero attached hydrogens (tertiary/aromatic N) is 2. The number of aryl methyl sites for hydroxylation is 1. The smallest absolute Gasteiger partial charge is 0.338 e. The maximum Gasteiger partial charge on any atom is 0.338 e. The number of aliphatic imine (C=N–C) groups is 1. The second-order valence-electron chi connectivity index (χ2n) is 12.8. The molecule has 0 N–H and O–H groups in total. The zero-order valence-corrected chi connectivity index (χ0v) is 27.7. The number of esters is 1. The molecule has 1 aromatic heterocycles. The highest BCUT2D eigenvalue weighted by molar-refractivity contribution is 7.99. The van der Waals surface area contributed by atoms with E-state index in [9.17, 15) is 4.79 Å². The van der Waals surface area contributed by atoms with Crippen LogP contribution in [0.5, 0.6) is 0 Å². The minimum Gasteiger partial charge on any atom is -0.478 e. The van der Waals surface area contributed by atoms with Gasteiger partial charge in [-0.25, -0.2) is 14.8 Å². The van der Waals surface area contributed by atoms with E-state index in [4.69, 9.17) is 31.1 Å². The van der Waals surface area contributed by atoms with Crippen molar-refractivity contribution >= 4 is 58.3 Å². The number of fused-ring (bicyclic) bond motifs is 1. The van der Waals surface area contributed by atoms with Crippen LogP contribution >= 0.6 is 23.4 Å². The van der Waals surface area contributed by atoms with Gasteiger partial charge >= 0.3 is 5.97 Å². The summed E-state index contributed by atoms with van der Waals surface area (Å²) in [5.41, 5.74) is 5.95. The van der Waals surface area contributed by atoms with E-state index < -0.39 is 0 Å². The topological polar surface area (TPSA) is 60.8 Å². The van der Waals surface area contributed by atoms with Crippen molar-refractivity contribution < 1.29 is 14.3 Å². The molecule has 4 aromatic rings. The van der Waals surface area contributed by atoms with Gasteiger partial charge in [-0.2, -0.15) is 11.8 Å². The molecule has 1 aliphatic carbocycles. The fourth-order valence-corrected chi connectivity index (χ4v) is 7.56. The van der Waals surface area contributed by atoms with Crippen LogP contribution in [0.3, 0.4) is 0 Å². The Kier molecular flexibility index (Phi) is 9.34. The highest BCUT2D eigenvalue weighted by atomic mass is 35.5. The molecule has 1 saturated carbocycles. The lowest BCUT2D eigenvalue weighted by Gasteiger charge is -2.22. The van der Waals surface area contributed by atoms with Crippen LogP contribution in [-0.4, -0.2) is 41.9 Å². The molecular weight excluding hydrogens is 600 g/mol. The number of hydrogen-bond acceptors (Lipinski definition) is 6. The SMILES string of the molecule is COC(=O)c1ccccc1CC[C@@H](SCC1(CC2=NC(C)(C)CO2)CC1)c1cccc(C=Cc2ccc3ccc(Cl)cc3n2)c1. The highest BCUT2D eigenvalue weighted by Crippen LogP contribution is 2.54. The van der Waals surface area contributed by atoms with Crippen molar-refractivity contribution in [3.05, 3.63) is 112 Å². The fourth-order valence-electron chi connectivity index (χ4n) is 5.82. The average molecular weight is 639 g/mol. The summed E-state index contributed by atoms with van der Waals surface area (Å²) in [5.74, 6) is 1.67. The van der Waals surface area contributed by atoms with E-state index in [2.05, 4.69) is 56.3 Å². The van der Waals surface area contributed by atoms with Gasteiger partial charge in [-0.05, 0) is 92.0 Å². The van der Waals surface area contributed by atoms with Gasteiger partial charge in [-0.15, -0.1) is 0 Å². The van der Waals surface area contributed by atoms with E-state index in [1.54, 1.807) is 0 Å². The fraction of sp³-hybridized carbons (Fsp3) is 0.342. The van der Waals surface area contributed by atoms with Crippen molar-refractivity contribution in [2.24, 2.45) is 10.4 Å². The third-order valence-electron chi connectivity index (χ3n) is 8.60. The quantitative estimate of drug-likeness (QED) is 0.145. The summed E-state index contributed by atoms with van der Waals surface area (Å²) in [6.45, 7) is 4.92. The van der Waals surface area contributed by atoms with Gasteiger partial charge in [0.25, 0.3) is 0 Å². The third kappa shape index (κ3) is 7.98.